The lowest BCUT2D eigenvalue weighted by molar-refractivity contribution is -0.142. The molecule has 0 N–H and O–H groups in total. The van der Waals surface area contributed by atoms with Gasteiger partial charge in [0.15, 0.2) is 17.0 Å². The number of halogens is 5. The van der Waals surface area contributed by atoms with E-state index in [1.807, 2.05) is 30.3 Å². The summed E-state index contributed by atoms with van der Waals surface area (Å²) in [4.78, 5) is 21.3. The van der Waals surface area contributed by atoms with Gasteiger partial charge in [0.1, 0.15) is 5.82 Å². The Bertz CT molecular complexity index is 1740. The van der Waals surface area contributed by atoms with E-state index in [4.69, 9.17) is 11.6 Å². The van der Waals surface area contributed by atoms with E-state index in [1.165, 1.54) is 18.2 Å². The summed E-state index contributed by atoms with van der Waals surface area (Å²) in [5.74, 6) is -0.880. The summed E-state index contributed by atoms with van der Waals surface area (Å²) in [7, 11) is 0. The molecular formula is C29H22ClF4N5O. The zero-order valence-corrected chi connectivity index (χ0v) is 21.8. The third-order valence-electron chi connectivity index (χ3n) is 7.05. The van der Waals surface area contributed by atoms with Crippen molar-refractivity contribution in [2.75, 3.05) is 26.2 Å². The summed E-state index contributed by atoms with van der Waals surface area (Å²) in [5.41, 5.74) is 0.252. The maximum atomic E-state index is 14.1. The van der Waals surface area contributed by atoms with Crippen molar-refractivity contribution in [2.45, 2.75) is 12.7 Å². The summed E-state index contributed by atoms with van der Waals surface area (Å²) in [6.45, 7) is 2.24. The topological polar surface area (TPSA) is 53.7 Å². The molecule has 2 aromatic heterocycles. The Balaban J connectivity index is 1.25. The van der Waals surface area contributed by atoms with Crippen LogP contribution in [0.4, 0.5) is 17.6 Å². The molecule has 3 heterocycles. The fraction of sp³-hybridized carbons (Fsp3) is 0.207. The number of rotatable bonds is 4. The molecule has 1 aliphatic heterocycles. The molecule has 1 fully saturated rings. The second kappa shape index (κ2) is 10.2. The summed E-state index contributed by atoms with van der Waals surface area (Å²) in [6, 6.07) is 19.4. The maximum absolute atomic E-state index is 14.1. The van der Waals surface area contributed by atoms with Crippen molar-refractivity contribution in [1.82, 2.24) is 24.4 Å². The molecule has 11 heteroatoms. The summed E-state index contributed by atoms with van der Waals surface area (Å²) in [5, 5.41) is 6.19. The number of aromatic nitrogens is 3. The number of amides is 1. The predicted octanol–water partition coefficient (Wildman–Crippen LogP) is 6.32. The molecule has 1 saturated heterocycles. The van der Waals surface area contributed by atoms with E-state index in [0.717, 1.165) is 22.4 Å². The van der Waals surface area contributed by atoms with Crippen molar-refractivity contribution < 1.29 is 22.4 Å². The number of alkyl halides is 3. The number of benzene rings is 3. The highest BCUT2D eigenvalue weighted by Crippen LogP contribution is 2.33. The summed E-state index contributed by atoms with van der Waals surface area (Å²) < 4.78 is 56.3. The van der Waals surface area contributed by atoms with Crippen LogP contribution in [0.15, 0.2) is 72.8 Å². The number of fused-ring (bicyclic) bond motifs is 2. The largest absolute Gasteiger partial charge is 0.433 e. The third kappa shape index (κ3) is 5.12. The van der Waals surface area contributed by atoms with Gasteiger partial charge in [-0.2, -0.15) is 18.3 Å². The smallest absolute Gasteiger partial charge is 0.335 e. The van der Waals surface area contributed by atoms with Crippen LogP contribution >= 0.6 is 11.6 Å². The van der Waals surface area contributed by atoms with E-state index >= 15 is 0 Å². The molecule has 0 aliphatic carbocycles. The molecule has 5 aromatic rings. The Hall–Kier alpha value is -4.02. The third-order valence-corrected chi connectivity index (χ3v) is 7.40. The minimum atomic E-state index is -4.72. The second-order valence-electron chi connectivity index (χ2n) is 9.69. The number of carbonyl (C=O) groups excluding carboxylic acids is 1. The van der Waals surface area contributed by atoms with Crippen molar-refractivity contribution >= 4 is 33.9 Å². The Morgan fingerprint density at radius 3 is 2.38 bits per heavy atom. The number of carbonyl (C=O) groups is 1. The fourth-order valence-electron chi connectivity index (χ4n) is 4.94. The average Bonchev–Trinajstić information content (AvgIpc) is 3.37. The molecule has 0 saturated carbocycles. The zero-order valence-electron chi connectivity index (χ0n) is 21.0. The number of hydrogen-bond donors (Lipinski definition) is 0. The Kier molecular flexibility index (Phi) is 6.67. The molecule has 6 rings (SSSR count). The van der Waals surface area contributed by atoms with E-state index in [2.05, 4.69) is 15.0 Å². The Morgan fingerprint density at radius 1 is 0.900 bits per heavy atom. The standard InChI is InChI=1S/C29H22ClF4N5O/c30-23-14-22(31)8-7-21(23)17-37-9-11-38(12-10-37)28(40)25-16-27-35-24(15-26(29(32,33)34)39(27)36-25)20-6-5-18-3-1-2-4-19(18)13-20/h1-8,13-16H,9-12,17H2. The molecule has 6 nitrogen and oxygen atoms in total. The van der Waals surface area contributed by atoms with Gasteiger partial charge in [0.25, 0.3) is 5.91 Å². The molecule has 1 aliphatic rings. The van der Waals surface area contributed by atoms with E-state index in [0.29, 0.717) is 47.8 Å². The van der Waals surface area contributed by atoms with E-state index < -0.39 is 23.6 Å². The molecule has 0 spiro atoms. The first-order valence-corrected chi connectivity index (χ1v) is 13.0. The molecular weight excluding hydrogens is 546 g/mol. The molecule has 40 heavy (non-hydrogen) atoms. The van der Waals surface area contributed by atoms with Crippen molar-refractivity contribution in [3.63, 3.8) is 0 Å². The van der Waals surface area contributed by atoms with Crippen LogP contribution < -0.4 is 0 Å². The quantitative estimate of drug-likeness (QED) is 0.239. The first kappa shape index (κ1) is 26.2. The SMILES string of the molecule is O=C(c1cc2nc(-c3ccc4ccccc4c3)cc(C(F)(F)F)n2n1)N1CCN(Cc2ccc(F)cc2Cl)CC1. The maximum Gasteiger partial charge on any atom is 0.433 e. The molecule has 0 atom stereocenters. The van der Waals surface area contributed by atoms with Gasteiger partial charge < -0.3 is 4.90 Å². The van der Waals surface area contributed by atoms with Gasteiger partial charge in [-0.05, 0) is 40.6 Å². The monoisotopic (exact) mass is 567 g/mol. The van der Waals surface area contributed by atoms with Crippen molar-refractivity contribution in [3.8, 4) is 11.3 Å². The van der Waals surface area contributed by atoms with Crippen molar-refractivity contribution in [3.05, 3.63) is 101 Å². The van der Waals surface area contributed by atoms with Gasteiger partial charge in [-0.15, -0.1) is 0 Å². The summed E-state index contributed by atoms with van der Waals surface area (Å²) in [6.07, 6.45) is -4.72. The lowest BCUT2D eigenvalue weighted by Gasteiger charge is -2.34. The van der Waals surface area contributed by atoms with Crippen LogP contribution in [0.2, 0.25) is 5.02 Å². The molecule has 1 amide bonds. The van der Waals surface area contributed by atoms with Gasteiger partial charge in [-0.1, -0.05) is 54.1 Å². The molecule has 3 aromatic carbocycles. The Morgan fingerprint density at radius 2 is 1.65 bits per heavy atom. The van der Waals surface area contributed by atoms with Crippen LogP contribution in [0.25, 0.3) is 27.7 Å². The number of nitrogens with zero attached hydrogens (tertiary/aromatic N) is 5. The van der Waals surface area contributed by atoms with Gasteiger partial charge in [-0.25, -0.2) is 13.9 Å². The zero-order chi connectivity index (χ0) is 28.0. The van der Waals surface area contributed by atoms with Crippen LogP contribution in [-0.2, 0) is 12.7 Å². The van der Waals surface area contributed by atoms with E-state index in [1.54, 1.807) is 23.1 Å². The van der Waals surface area contributed by atoms with Crippen molar-refractivity contribution in [2.24, 2.45) is 0 Å². The number of piperazine rings is 1. The molecule has 0 radical (unpaired) electrons. The molecule has 204 valence electrons. The van der Waals surface area contributed by atoms with Gasteiger partial charge in [0.2, 0.25) is 0 Å². The molecule has 0 unspecified atom stereocenters. The van der Waals surface area contributed by atoms with Gasteiger partial charge in [-0.3, -0.25) is 9.69 Å². The van der Waals surface area contributed by atoms with Gasteiger partial charge in [0.05, 0.1) is 5.69 Å². The highest BCUT2D eigenvalue weighted by Gasteiger charge is 2.36. The number of hydrogen-bond acceptors (Lipinski definition) is 4. The van der Waals surface area contributed by atoms with Crippen LogP contribution in [-0.4, -0.2) is 56.5 Å². The molecule has 0 bridgehead atoms. The highest BCUT2D eigenvalue weighted by molar-refractivity contribution is 6.31. The fourth-order valence-corrected chi connectivity index (χ4v) is 5.17. The minimum absolute atomic E-state index is 0.0640. The first-order valence-electron chi connectivity index (χ1n) is 12.6. The van der Waals surface area contributed by atoms with E-state index in [-0.39, 0.29) is 17.0 Å². The van der Waals surface area contributed by atoms with Gasteiger partial charge >= 0.3 is 6.18 Å². The normalized spacial score (nSPS) is 14.8. The first-order chi connectivity index (χ1) is 19.2. The van der Waals surface area contributed by atoms with Crippen LogP contribution in [0.5, 0.6) is 0 Å². The van der Waals surface area contributed by atoms with Crippen LogP contribution in [0, 0.1) is 5.82 Å². The summed E-state index contributed by atoms with van der Waals surface area (Å²) >= 11 is 6.14. The average molecular weight is 568 g/mol. The van der Waals surface area contributed by atoms with Crippen LogP contribution in [0.3, 0.4) is 0 Å². The van der Waals surface area contributed by atoms with Crippen molar-refractivity contribution in [1.29, 1.82) is 0 Å². The lowest BCUT2D eigenvalue weighted by atomic mass is 10.0. The minimum Gasteiger partial charge on any atom is -0.335 e. The predicted molar refractivity (Wildman–Crippen MR) is 144 cm³/mol. The lowest BCUT2D eigenvalue weighted by Crippen LogP contribution is -2.48. The van der Waals surface area contributed by atoms with E-state index in [9.17, 15) is 22.4 Å². The van der Waals surface area contributed by atoms with Gasteiger partial charge in [0, 0.05) is 49.4 Å². The second-order valence-corrected chi connectivity index (χ2v) is 10.1. The Labute approximate surface area is 231 Å². The van der Waals surface area contributed by atoms with Crippen LogP contribution in [0.1, 0.15) is 21.7 Å². The highest BCUT2D eigenvalue weighted by atomic mass is 35.5.